The lowest BCUT2D eigenvalue weighted by Crippen LogP contribution is -2.16. The maximum atomic E-state index is 12.7. The second kappa shape index (κ2) is 10.0. The predicted molar refractivity (Wildman–Crippen MR) is 136 cm³/mol. The van der Waals surface area contributed by atoms with Gasteiger partial charge in [0.05, 0.1) is 35.9 Å². The Hall–Kier alpha value is -4.02. The Balaban J connectivity index is 1.57. The summed E-state index contributed by atoms with van der Waals surface area (Å²) in [5, 5.41) is 5.59. The molecular weight excluding hydrogens is 544 g/mol. The monoisotopic (exact) mass is 560 g/mol. The van der Waals surface area contributed by atoms with Gasteiger partial charge in [-0.25, -0.2) is 9.78 Å². The van der Waals surface area contributed by atoms with Gasteiger partial charge in [0.15, 0.2) is 5.82 Å². The molecule has 12 heteroatoms. The highest BCUT2D eigenvalue weighted by molar-refractivity contribution is 6.35. The lowest BCUT2D eigenvalue weighted by molar-refractivity contribution is -0.274. The minimum absolute atomic E-state index is 0.296. The third-order valence-corrected chi connectivity index (χ3v) is 6.01. The number of nitrogens with one attached hydrogen (secondary N) is 1. The number of benzene rings is 3. The highest BCUT2D eigenvalue weighted by Gasteiger charge is 2.31. The van der Waals surface area contributed by atoms with E-state index in [0.29, 0.717) is 56.0 Å². The lowest BCUT2D eigenvalue weighted by Gasteiger charge is -2.07. The topological polar surface area (TPSA) is 82.0 Å². The number of halogens is 5. The minimum atomic E-state index is -4.81. The van der Waals surface area contributed by atoms with Gasteiger partial charge < -0.3 is 14.5 Å². The third-order valence-electron chi connectivity index (χ3n) is 5.58. The first-order valence-electron chi connectivity index (χ1n) is 11.1. The fourth-order valence-electron chi connectivity index (χ4n) is 3.91. The summed E-state index contributed by atoms with van der Waals surface area (Å²) < 4.78 is 48.5. The molecule has 0 aliphatic heterocycles. The number of carbonyl (C=O) groups excluding carboxylic acids is 1. The summed E-state index contributed by atoms with van der Waals surface area (Å²) >= 11 is 12.4. The molecule has 0 atom stereocenters. The van der Waals surface area contributed by atoms with Crippen LogP contribution in [-0.2, 0) is 11.3 Å². The number of H-pyrrole nitrogens is 1. The van der Waals surface area contributed by atoms with E-state index in [1.54, 1.807) is 53.2 Å². The molecule has 3 aromatic carbocycles. The minimum Gasteiger partial charge on any atom is -0.465 e. The molecule has 0 saturated carbocycles. The molecule has 5 rings (SSSR count). The van der Waals surface area contributed by atoms with Crippen LogP contribution in [0.1, 0.15) is 15.9 Å². The highest BCUT2D eigenvalue weighted by atomic mass is 35.5. The summed E-state index contributed by atoms with van der Waals surface area (Å²) in [6.07, 6.45) is -4.81. The average Bonchev–Trinajstić information content (AvgIpc) is 3.46. The van der Waals surface area contributed by atoms with Crippen LogP contribution >= 0.6 is 23.2 Å². The maximum Gasteiger partial charge on any atom is 0.573 e. The molecule has 1 N–H and O–H groups in total. The molecule has 2 heterocycles. The molecule has 5 aromatic rings. The van der Waals surface area contributed by atoms with Gasteiger partial charge in [-0.1, -0.05) is 35.3 Å². The number of imidazole rings is 1. The van der Waals surface area contributed by atoms with Gasteiger partial charge in [0.25, 0.3) is 0 Å². The van der Waals surface area contributed by atoms with Crippen molar-refractivity contribution in [1.82, 2.24) is 19.7 Å². The number of ether oxygens (including phenoxy) is 2. The van der Waals surface area contributed by atoms with Gasteiger partial charge in [-0.3, -0.25) is 4.68 Å². The Morgan fingerprint density at radius 2 is 1.71 bits per heavy atom. The van der Waals surface area contributed by atoms with Crippen molar-refractivity contribution >= 4 is 40.2 Å². The van der Waals surface area contributed by atoms with Gasteiger partial charge in [-0.2, -0.15) is 5.10 Å². The van der Waals surface area contributed by atoms with Crippen molar-refractivity contribution in [1.29, 1.82) is 0 Å². The van der Waals surface area contributed by atoms with Crippen molar-refractivity contribution in [3.05, 3.63) is 87.9 Å². The Labute approximate surface area is 223 Å². The molecule has 0 amide bonds. The summed E-state index contributed by atoms with van der Waals surface area (Å²) in [7, 11) is 1.31. The van der Waals surface area contributed by atoms with Crippen molar-refractivity contribution in [3.63, 3.8) is 0 Å². The van der Waals surface area contributed by atoms with Gasteiger partial charge >= 0.3 is 12.3 Å². The van der Waals surface area contributed by atoms with E-state index in [2.05, 4.69) is 14.7 Å². The van der Waals surface area contributed by atoms with Crippen molar-refractivity contribution in [2.75, 3.05) is 7.11 Å². The van der Waals surface area contributed by atoms with E-state index in [0.717, 1.165) is 5.56 Å². The fraction of sp³-hybridized carbons (Fsp3) is 0.115. The van der Waals surface area contributed by atoms with Crippen LogP contribution in [-0.4, -0.2) is 39.2 Å². The molecule has 0 aliphatic carbocycles. The number of fused-ring (bicyclic) bond motifs is 1. The molecule has 0 fully saturated rings. The summed E-state index contributed by atoms with van der Waals surface area (Å²) in [5.41, 5.74) is 3.80. The fourth-order valence-corrected chi connectivity index (χ4v) is 4.44. The van der Waals surface area contributed by atoms with E-state index in [4.69, 9.17) is 33.0 Å². The number of hydrogen-bond donors (Lipinski definition) is 1. The normalized spacial score (nSPS) is 11.6. The number of nitrogens with zero attached hydrogens (tertiary/aromatic N) is 3. The summed E-state index contributed by atoms with van der Waals surface area (Å²) in [4.78, 5) is 19.4. The summed E-state index contributed by atoms with van der Waals surface area (Å²) in [5.74, 6) is -0.441. The first-order valence-corrected chi connectivity index (χ1v) is 11.8. The van der Waals surface area contributed by atoms with Gasteiger partial charge in [0.1, 0.15) is 11.4 Å². The molecular formula is C26H17Cl2F3N4O3. The zero-order valence-electron chi connectivity index (χ0n) is 19.5. The Morgan fingerprint density at radius 3 is 2.37 bits per heavy atom. The first kappa shape index (κ1) is 25.6. The summed E-state index contributed by atoms with van der Waals surface area (Å²) in [6, 6.07) is 17.5. The molecule has 2 aromatic heterocycles. The number of carbonyl (C=O) groups is 1. The third kappa shape index (κ3) is 5.61. The number of esters is 1. The number of alkyl halides is 3. The molecule has 0 radical (unpaired) electrons. The second-order valence-corrected chi connectivity index (χ2v) is 9.10. The molecule has 0 saturated heterocycles. The van der Waals surface area contributed by atoms with E-state index in [1.165, 1.54) is 25.3 Å². The largest absolute Gasteiger partial charge is 0.573 e. The zero-order chi connectivity index (χ0) is 27.0. The van der Waals surface area contributed by atoms with Crippen molar-refractivity contribution in [2.45, 2.75) is 12.9 Å². The average molecular weight is 561 g/mol. The smallest absolute Gasteiger partial charge is 0.465 e. The Morgan fingerprint density at radius 1 is 1.00 bits per heavy atom. The van der Waals surface area contributed by atoms with Crippen LogP contribution in [0.15, 0.2) is 66.7 Å². The van der Waals surface area contributed by atoms with Crippen molar-refractivity contribution < 1.29 is 27.4 Å². The van der Waals surface area contributed by atoms with E-state index in [1.807, 2.05) is 0 Å². The first-order chi connectivity index (χ1) is 18.1. The predicted octanol–water partition coefficient (Wildman–Crippen LogP) is 7.13. The van der Waals surface area contributed by atoms with Gasteiger partial charge in [0, 0.05) is 21.7 Å². The summed E-state index contributed by atoms with van der Waals surface area (Å²) in [6.45, 7) is 0.296. The van der Waals surface area contributed by atoms with Crippen LogP contribution in [0, 0.1) is 0 Å². The molecule has 0 aliphatic rings. The molecule has 0 spiro atoms. The Bertz CT molecular complexity index is 1630. The lowest BCUT2D eigenvalue weighted by atomic mass is 10.1. The molecule has 0 bridgehead atoms. The van der Waals surface area contributed by atoms with E-state index >= 15 is 0 Å². The van der Waals surface area contributed by atoms with Gasteiger partial charge in [0.2, 0.25) is 0 Å². The SMILES string of the molecule is COC(=O)c1ccc(Cn2nc(-c3cc(Cl)cc(Cl)c3)cc2-c2nc3ccc(OC(F)(F)F)cc3[nH]2)cc1. The standard InChI is InChI=1S/C26H17Cl2F3N4O3/c1-37-25(36)15-4-2-14(3-5-15)13-35-23(12-21(34-35)16-8-17(27)10-18(28)9-16)24-32-20-7-6-19(11-22(20)33-24)38-26(29,30)31/h2-12H,13H2,1H3,(H,32,33). The Kier molecular flexibility index (Phi) is 6.77. The zero-order valence-corrected chi connectivity index (χ0v) is 21.0. The number of hydrogen-bond acceptors (Lipinski definition) is 5. The molecule has 7 nitrogen and oxygen atoms in total. The molecule has 38 heavy (non-hydrogen) atoms. The molecule has 0 unspecified atom stereocenters. The van der Waals surface area contributed by atoms with Crippen LogP contribution in [0.3, 0.4) is 0 Å². The quantitative estimate of drug-likeness (QED) is 0.223. The number of rotatable bonds is 6. The van der Waals surface area contributed by atoms with Crippen LogP contribution in [0.25, 0.3) is 33.8 Å². The van der Waals surface area contributed by atoms with E-state index in [9.17, 15) is 18.0 Å². The van der Waals surface area contributed by atoms with E-state index in [-0.39, 0.29) is 5.75 Å². The second-order valence-electron chi connectivity index (χ2n) is 8.23. The molecule has 194 valence electrons. The number of aromatic nitrogens is 4. The highest BCUT2D eigenvalue weighted by Crippen LogP contribution is 2.32. The van der Waals surface area contributed by atoms with Gasteiger partial charge in [-0.15, -0.1) is 13.2 Å². The number of methoxy groups -OCH3 is 1. The van der Waals surface area contributed by atoms with Crippen molar-refractivity contribution in [2.24, 2.45) is 0 Å². The van der Waals surface area contributed by atoms with Gasteiger partial charge in [-0.05, 0) is 54.1 Å². The maximum absolute atomic E-state index is 12.7. The van der Waals surface area contributed by atoms with Crippen LogP contribution in [0.5, 0.6) is 5.75 Å². The van der Waals surface area contributed by atoms with Crippen molar-refractivity contribution in [3.8, 4) is 28.5 Å². The van der Waals surface area contributed by atoms with Crippen LogP contribution in [0.4, 0.5) is 13.2 Å². The van der Waals surface area contributed by atoms with Crippen LogP contribution in [0.2, 0.25) is 10.0 Å². The van der Waals surface area contributed by atoms with E-state index < -0.39 is 12.3 Å². The van der Waals surface area contributed by atoms with Crippen LogP contribution < -0.4 is 4.74 Å². The number of aromatic amines is 1.